The molecule has 0 N–H and O–H groups in total. The van der Waals surface area contributed by atoms with E-state index in [-0.39, 0.29) is 0 Å². The first-order valence-electron chi connectivity index (χ1n) is 9.39. The Morgan fingerprint density at radius 3 is 2.88 bits per heavy atom. The van der Waals surface area contributed by atoms with Crippen molar-refractivity contribution in [1.29, 1.82) is 0 Å². The predicted octanol–water partition coefficient (Wildman–Crippen LogP) is 2.61. The molecule has 6 heteroatoms. The van der Waals surface area contributed by atoms with Crippen LogP contribution in [0.2, 0.25) is 0 Å². The van der Waals surface area contributed by atoms with Crippen molar-refractivity contribution in [3.63, 3.8) is 0 Å². The minimum Gasteiger partial charge on any atom is -0.298 e. The highest BCUT2D eigenvalue weighted by molar-refractivity contribution is 5.30. The Hall–Kier alpha value is -2.31. The highest BCUT2D eigenvalue weighted by atomic mass is 15.2. The fraction of sp³-hybridized carbons (Fsp3) is 0.450. The molecule has 0 unspecified atom stereocenters. The molecule has 3 aromatic rings. The van der Waals surface area contributed by atoms with Gasteiger partial charge in [0, 0.05) is 44.3 Å². The molecule has 0 bridgehead atoms. The van der Waals surface area contributed by atoms with E-state index < -0.39 is 0 Å². The molecule has 0 saturated carbocycles. The first kappa shape index (κ1) is 17.1. The molecule has 136 valence electrons. The van der Waals surface area contributed by atoms with Crippen LogP contribution in [0.1, 0.15) is 30.7 Å². The number of hydrogen-bond donors (Lipinski definition) is 0. The summed E-state index contributed by atoms with van der Waals surface area (Å²) >= 11 is 0. The number of aromatic nitrogens is 4. The molecule has 1 saturated heterocycles. The van der Waals surface area contributed by atoms with Crippen molar-refractivity contribution in [3.8, 4) is 0 Å². The second kappa shape index (κ2) is 7.93. The van der Waals surface area contributed by atoms with Crippen LogP contribution < -0.4 is 0 Å². The van der Waals surface area contributed by atoms with Crippen molar-refractivity contribution < 1.29 is 0 Å². The third-order valence-corrected chi connectivity index (χ3v) is 5.30. The molecule has 1 aliphatic heterocycles. The SMILES string of the molecule is CN(Cc1ccccn1)[C@@H]1CCCN(Cc2cnc3ncccn23)CC1. The Labute approximate surface area is 154 Å². The minimum absolute atomic E-state index is 0.617. The van der Waals surface area contributed by atoms with Crippen LogP contribution in [0.25, 0.3) is 5.78 Å². The van der Waals surface area contributed by atoms with Gasteiger partial charge in [0.05, 0.1) is 17.6 Å². The molecule has 0 spiro atoms. The topological polar surface area (TPSA) is 49.6 Å². The third kappa shape index (κ3) is 3.92. The maximum atomic E-state index is 4.46. The molecule has 1 fully saturated rings. The highest BCUT2D eigenvalue weighted by Gasteiger charge is 2.21. The number of likely N-dealkylation sites (tertiary alicyclic amines) is 1. The molecular formula is C20H26N6. The Kier molecular flexibility index (Phi) is 5.22. The largest absolute Gasteiger partial charge is 0.298 e. The van der Waals surface area contributed by atoms with Crippen LogP contribution in [-0.4, -0.2) is 55.3 Å². The van der Waals surface area contributed by atoms with E-state index in [1.54, 1.807) is 6.20 Å². The summed E-state index contributed by atoms with van der Waals surface area (Å²) in [4.78, 5) is 18.2. The van der Waals surface area contributed by atoms with Crippen LogP contribution in [0.15, 0.2) is 49.1 Å². The van der Waals surface area contributed by atoms with Crippen molar-refractivity contribution >= 4 is 5.78 Å². The lowest BCUT2D eigenvalue weighted by Crippen LogP contribution is -2.33. The quantitative estimate of drug-likeness (QED) is 0.708. The smallest absolute Gasteiger partial charge is 0.233 e. The van der Waals surface area contributed by atoms with Crippen LogP contribution in [0.5, 0.6) is 0 Å². The van der Waals surface area contributed by atoms with Gasteiger partial charge in [-0.05, 0) is 51.1 Å². The molecule has 4 heterocycles. The Morgan fingerprint density at radius 1 is 1.08 bits per heavy atom. The van der Waals surface area contributed by atoms with Crippen molar-refractivity contribution in [2.24, 2.45) is 0 Å². The number of hydrogen-bond acceptors (Lipinski definition) is 5. The van der Waals surface area contributed by atoms with Crippen LogP contribution in [0.3, 0.4) is 0 Å². The maximum Gasteiger partial charge on any atom is 0.233 e. The van der Waals surface area contributed by atoms with E-state index in [0.717, 1.165) is 37.7 Å². The molecule has 4 rings (SSSR count). The molecule has 3 aromatic heterocycles. The zero-order valence-electron chi connectivity index (χ0n) is 15.3. The number of rotatable bonds is 5. The molecule has 6 nitrogen and oxygen atoms in total. The number of fused-ring (bicyclic) bond motifs is 1. The Morgan fingerprint density at radius 2 is 2.00 bits per heavy atom. The van der Waals surface area contributed by atoms with E-state index in [4.69, 9.17) is 0 Å². The van der Waals surface area contributed by atoms with Crippen molar-refractivity contribution in [1.82, 2.24) is 29.2 Å². The normalized spacial score (nSPS) is 19.1. The molecule has 26 heavy (non-hydrogen) atoms. The van der Waals surface area contributed by atoms with Gasteiger partial charge in [0.25, 0.3) is 0 Å². The molecule has 1 aliphatic rings. The van der Waals surface area contributed by atoms with Gasteiger partial charge in [-0.1, -0.05) is 6.07 Å². The summed E-state index contributed by atoms with van der Waals surface area (Å²) in [5.74, 6) is 0.783. The summed E-state index contributed by atoms with van der Waals surface area (Å²) in [5.41, 5.74) is 2.36. The Bertz CT molecular complexity index is 830. The van der Waals surface area contributed by atoms with Gasteiger partial charge >= 0.3 is 0 Å². The van der Waals surface area contributed by atoms with E-state index in [1.165, 1.54) is 25.0 Å². The standard InChI is InChI=1S/C20H26N6/c1-24(15-17-6-2-3-9-21-17)18-7-4-11-25(13-8-18)16-19-14-23-20-22-10-5-12-26(19)20/h2-3,5-6,9-10,12,14,18H,4,7-8,11,13,15-16H2,1H3/t18-/m1/s1. The first-order valence-corrected chi connectivity index (χ1v) is 9.39. The fourth-order valence-corrected chi connectivity index (χ4v) is 3.84. The van der Waals surface area contributed by atoms with E-state index in [1.807, 2.05) is 30.7 Å². The Balaban J connectivity index is 1.36. The summed E-state index contributed by atoms with van der Waals surface area (Å²) in [6.45, 7) is 4.11. The lowest BCUT2D eigenvalue weighted by atomic mass is 10.1. The molecule has 0 radical (unpaired) electrons. The van der Waals surface area contributed by atoms with Crippen LogP contribution in [0.4, 0.5) is 0 Å². The van der Waals surface area contributed by atoms with Gasteiger partial charge in [-0.2, -0.15) is 0 Å². The molecular weight excluding hydrogens is 324 g/mol. The zero-order valence-corrected chi connectivity index (χ0v) is 15.3. The highest BCUT2D eigenvalue weighted by Crippen LogP contribution is 2.19. The van der Waals surface area contributed by atoms with Gasteiger partial charge in [0.1, 0.15) is 0 Å². The second-order valence-corrected chi connectivity index (χ2v) is 7.14. The van der Waals surface area contributed by atoms with E-state index in [9.17, 15) is 0 Å². The summed E-state index contributed by atoms with van der Waals surface area (Å²) < 4.78 is 2.09. The van der Waals surface area contributed by atoms with Crippen molar-refractivity contribution in [3.05, 3.63) is 60.4 Å². The number of pyridine rings is 1. The molecule has 1 atom stereocenters. The van der Waals surface area contributed by atoms with Crippen molar-refractivity contribution in [2.45, 2.75) is 38.4 Å². The predicted molar refractivity (Wildman–Crippen MR) is 102 cm³/mol. The summed E-state index contributed by atoms with van der Waals surface area (Å²) in [5, 5.41) is 0. The zero-order chi connectivity index (χ0) is 17.8. The third-order valence-electron chi connectivity index (χ3n) is 5.30. The number of nitrogens with zero attached hydrogens (tertiary/aromatic N) is 6. The average Bonchev–Trinajstić information content (AvgIpc) is 2.92. The van der Waals surface area contributed by atoms with Gasteiger partial charge < -0.3 is 0 Å². The lowest BCUT2D eigenvalue weighted by molar-refractivity contribution is 0.204. The monoisotopic (exact) mass is 350 g/mol. The van der Waals surface area contributed by atoms with Crippen molar-refractivity contribution in [2.75, 3.05) is 20.1 Å². The van der Waals surface area contributed by atoms with Gasteiger partial charge in [-0.3, -0.25) is 19.2 Å². The lowest BCUT2D eigenvalue weighted by Gasteiger charge is -2.27. The van der Waals surface area contributed by atoms with Gasteiger partial charge in [-0.25, -0.2) is 9.97 Å². The summed E-state index contributed by atoms with van der Waals surface area (Å²) in [7, 11) is 2.23. The van der Waals surface area contributed by atoms with Gasteiger partial charge in [-0.15, -0.1) is 0 Å². The average molecular weight is 350 g/mol. The molecule has 0 aliphatic carbocycles. The van der Waals surface area contributed by atoms with Crippen LogP contribution in [-0.2, 0) is 13.1 Å². The summed E-state index contributed by atoms with van der Waals surface area (Å²) in [6, 6.07) is 8.73. The first-order chi connectivity index (χ1) is 12.8. The molecule has 0 amide bonds. The molecule has 0 aromatic carbocycles. The van der Waals surface area contributed by atoms with Gasteiger partial charge in [0.15, 0.2) is 0 Å². The van der Waals surface area contributed by atoms with Gasteiger partial charge in [0.2, 0.25) is 5.78 Å². The van der Waals surface area contributed by atoms with E-state index in [2.05, 4.69) is 48.3 Å². The van der Waals surface area contributed by atoms with Crippen LogP contribution >= 0.6 is 0 Å². The van der Waals surface area contributed by atoms with Crippen LogP contribution in [0, 0.1) is 0 Å². The minimum atomic E-state index is 0.617. The number of imidazole rings is 1. The second-order valence-electron chi connectivity index (χ2n) is 7.14. The summed E-state index contributed by atoms with van der Waals surface area (Å²) in [6.07, 6.45) is 11.3. The van der Waals surface area contributed by atoms with E-state index >= 15 is 0 Å². The van der Waals surface area contributed by atoms with E-state index in [0.29, 0.717) is 6.04 Å². The fourth-order valence-electron chi connectivity index (χ4n) is 3.84. The maximum absolute atomic E-state index is 4.46.